The number of nitrogens with zero attached hydrogens (tertiary/aromatic N) is 3. The number of carbonyl (C=O) groups is 2. The quantitative estimate of drug-likeness (QED) is 0.749. The molecule has 1 aromatic rings. The van der Waals surface area contributed by atoms with Crippen LogP contribution in [0, 0.1) is 5.92 Å². The van der Waals surface area contributed by atoms with Crippen LogP contribution >= 0.6 is 0 Å². The van der Waals surface area contributed by atoms with E-state index in [0.29, 0.717) is 24.5 Å². The second-order valence-corrected chi connectivity index (χ2v) is 10.6. The van der Waals surface area contributed by atoms with Crippen LogP contribution in [0.5, 0.6) is 0 Å². The molecular formula is C26H35N3O2. The van der Waals surface area contributed by atoms with Crippen molar-refractivity contribution in [3.05, 3.63) is 34.9 Å². The molecule has 4 fully saturated rings. The number of amides is 2. The molecule has 2 saturated carbocycles. The Morgan fingerprint density at radius 3 is 2.39 bits per heavy atom. The first kappa shape index (κ1) is 19.8. The van der Waals surface area contributed by atoms with Crippen molar-refractivity contribution in [1.82, 2.24) is 14.7 Å². The molecule has 3 aliphatic heterocycles. The van der Waals surface area contributed by atoms with Crippen molar-refractivity contribution in [2.75, 3.05) is 19.6 Å². The summed E-state index contributed by atoms with van der Waals surface area (Å²) >= 11 is 0. The average molecular weight is 422 g/mol. The van der Waals surface area contributed by atoms with Crippen molar-refractivity contribution < 1.29 is 9.59 Å². The molecule has 0 spiro atoms. The largest absolute Gasteiger partial charge is 0.338 e. The second kappa shape index (κ2) is 7.91. The number of rotatable bonds is 3. The van der Waals surface area contributed by atoms with Crippen molar-refractivity contribution in [1.29, 1.82) is 0 Å². The van der Waals surface area contributed by atoms with Gasteiger partial charge in [0.05, 0.1) is 0 Å². The van der Waals surface area contributed by atoms with Gasteiger partial charge in [0, 0.05) is 55.8 Å². The molecule has 6 rings (SSSR count). The summed E-state index contributed by atoms with van der Waals surface area (Å²) in [7, 11) is 0. The van der Waals surface area contributed by atoms with Gasteiger partial charge < -0.3 is 9.80 Å². The number of hydrogen-bond acceptors (Lipinski definition) is 3. The first-order valence-corrected chi connectivity index (χ1v) is 12.6. The van der Waals surface area contributed by atoms with Gasteiger partial charge >= 0.3 is 0 Å². The fourth-order valence-electron chi connectivity index (χ4n) is 6.76. The van der Waals surface area contributed by atoms with E-state index < -0.39 is 0 Å². The zero-order chi connectivity index (χ0) is 20.9. The maximum absolute atomic E-state index is 13.3. The molecule has 1 aromatic carbocycles. The molecule has 0 aromatic heterocycles. The normalized spacial score (nSPS) is 29.2. The highest BCUT2D eigenvalue weighted by Gasteiger charge is 2.48. The summed E-state index contributed by atoms with van der Waals surface area (Å²) in [5.74, 6) is 0.806. The Morgan fingerprint density at radius 1 is 0.839 bits per heavy atom. The summed E-state index contributed by atoms with van der Waals surface area (Å²) in [6.45, 7) is 3.49. The molecule has 5 heteroatoms. The maximum atomic E-state index is 13.3. The van der Waals surface area contributed by atoms with Crippen LogP contribution in [0.15, 0.2) is 18.2 Å². The van der Waals surface area contributed by atoms with Crippen LogP contribution in [-0.4, -0.2) is 64.3 Å². The van der Waals surface area contributed by atoms with Crippen LogP contribution < -0.4 is 0 Å². The van der Waals surface area contributed by atoms with Gasteiger partial charge in [0.1, 0.15) is 0 Å². The van der Waals surface area contributed by atoms with Gasteiger partial charge in [0.25, 0.3) is 5.91 Å². The number of fused-ring (bicyclic) bond motifs is 3. The fraction of sp³-hybridized carbons (Fsp3) is 0.692. The molecule has 2 bridgehead atoms. The predicted octanol–water partition coefficient (Wildman–Crippen LogP) is 3.60. The number of likely N-dealkylation sites (tertiary alicyclic amines) is 2. The molecule has 2 amide bonds. The highest BCUT2D eigenvalue weighted by atomic mass is 16.2. The first-order chi connectivity index (χ1) is 15.2. The Balaban J connectivity index is 1.11. The highest BCUT2D eigenvalue weighted by molar-refractivity contribution is 5.95. The van der Waals surface area contributed by atoms with Crippen LogP contribution in [0.1, 0.15) is 79.3 Å². The number of hydrogen-bond donors (Lipinski definition) is 0. The van der Waals surface area contributed by atoms with Gasteiger partial charge in [-0.05, 0) is 61.8 Å². The Morgan fingerprint density at radius 2 is 1.68 bits per heavy atom. The first-order valence-electron chi connectivity index (χ1n) is 12.6. The van der Waals surface area contributed by atoms with Gasteiger partial charge in [-0.1, -0.05) is 31.7 Å². The lowest BCUT2D eigenvalue weighted by Gasteiger charge is -2.42. The van der Waals surface area contributed by atoms with Gasteiger partial charge in [0.15, 0.2) is 0 Å². The van der Waals surface area contributed by atoms with E-state index in [-0.39, 0.29) is 11.8 Å². The van der Waals surface area contributed by atoms with Gasteiger partial charge in [-0.2, -0.15) is 0 Å². The molecule has 31 heavy (non-hydrogen) atoms. The number of benzene rings is 1. The van der Waals surface area contributed by atoms with E-state index in [1.165, 1.54) is 49.7 Å². The molecule has 0 radical (unpaired) electrons. The SMILES string of the molecule is O=C(C1CCCCC1)N1CCc2cc(C(=O)N3C[C@@H]4CC3CN4C3CCC3)ccc2C1. The standard InChI is InChI=1S/C26H35N3O2/c30-25(18-5-2-1-3-6-18)27-12-11-19-13-20(9-10-21(19)15-27)26(31)29-17-23-14-24(29)16-28(23)22-7-4-8-22/h9-10,13,18,22-24H,1-8,11-12,14-17H2/t23-,24?/m0/s1. The Hall–Kier alpha value is -1.88. The third-order valence-corrected chi connectivity index (χ3v) is 8.82. The monoisotopic (exact) mass is 421 g/mol. The van der Waals surface area contributed by atoms with Crippen molar-refractivity contribution in [3.8, 4) is 0 Å². The number of piperazine rings is 1. The third kappa shape index (κ3) is 3.49. The molecule has 166 valence electrons. The molecule has 2 aliphatic carbocycles. The van der Waals surface area contributed by atoms with E-state index in [4.69, 9.17) is 0 Å². The van der Waals surface area contributed by atoms with Crippen LogP contribution in [0.25, 0.3) is 0 Å². The van der Waals surface area contributed by atoms with Crippen molar-refractivity contribution in [3.63, 3.8) is 0 Å². The second-order valence-electron chi connectivity index (χ2n) is 10.6. The van der Waals surface area contributed by atoms with E-state index in [9.17, 15) is 9.59 Å². The molecule has 2 saturated heterocycles. The molecule has 5 nitrogen and oxygen atoms in total. The van der Waals surface area contributed by atoms with Crippen molar-refractivity contribution in [2.24, 2.45) is 5.92 Å². The molecule has 3 heterocycles. The van der Waals surface area contributed by atoms with Crippen LogP contribution in [0.2, 0.25) is 0 Å². The van der Waals surface area contributed by atoms with Gasteiger partial charge in [0.2, 0.25) is 5.91 Å². The molecular weight excluding hydrogens is 386 g/mol. The van der Waals surface area contributed by atoms with Gasteiger partial charge in [-0.25, -0.2) is 0 Å². The summed E-state index contributed by atoms with van der Waals surface area (Å²) in [6, 6.07) is 8.00. The smallest absolute Gasteiger partial charge is 0.254 e. The molecule has 5 aliphatic rings. The lowest BCUT2D eigenvalue weighted by Crippen LogP contribution is -2.53. The lowest BCUT2D eigenvalue weighted by atomic mass is 9.87. The Kier molecular flexibility index (Phi) is 5.05. The van der Waals surface area contributed by atoms with Crippen molar-refractivity contribution in [2.45, 2.75) is 88.9 Å². The average Bonchev–Trinajstić information content (AvgIpc) is 3.38. The van der Waals surface area contributed by atoms with Crippen LogP contribution in [0.3, 0.4) is 0 Å². The van der Waals surface area contributed by atoms with Crippen LogP contribution in [-0.2, 0) is 17.8 Å². The zero-order valence-electron chi connectivity index (χ0n) is 18.6. The Labute approximate surface area is 185 Å². The lowest BCUT2D eigenvalue weighted by molar-refractivity contribution is -0.137. The Bertz CT molecular complexity index is 873. The summed E-state index contributed by atoms with van der Waals surface area (Å²) in [6.07, 6.45) is 11.9. The maximum Gasteiger partial charge on any atom is 0.254 e. The van der Waals surface area contributed by atoms with E-state index in [2.05, 4.69) is 26.8 Å². The zero-order valence-corrected chi connectivity index (χ0v) is 18.6. The molecule has 0 N–H and O–H groups in total. The fourth-order valence-corrected chi connectivity index (χ4v) is 6.76. The van der Waals surface area contributed by atoms with Gasteiger partial charge in [-0.3, -0.25) is 14.5 Å². The third-order valence-electron chi connectivity index (χ3n) is 8.82. The van der Waals surface area contributed by atoms with E-state index >= 15 is 0 Å². The minimum Gasteiger partial charge on any atom is -0.338 e. The summed E-state index contributed by atoms with van der Waals surface area (Å²) < 4.78 is 0. The minimum absolute atomic E-state index is 0.212. The van der Waals surface area contributed by atoms with Crippen molar-refractivity contribution >= 4 is 11.8 Å². The number of carbonyl (C=O) groups excluding carboxylic acids is 2. The summed E-state index contributed by atoms with van der Waals surface area (Å²) in [5, 5.41) is 0. The highest BCUT2D eigenvalue weighted by Crippen LogP contribution is 2.38. The molecule has 1 unspecified atom stereocenters. The topological polar surface area (TPSA) is 43.9 Å². The van der Waals surface area contributed by atoms with E-state index in [0.717, 1.165) is 56.9 Å². The van der Waals surface area contributed by atoms with E-state index in [1.807, 2.05) is 6.07 Å². The van der Waals surface area contributed by atoms with Crippen LogP contribution in [0.4, 0.5) is 0 Å². The van der Waals surface area contributed by atoms with E-state index in [1.54, 1.807) is 0 Å². The predicted molar refractivity (Wildman–Crippen MR) is 120 cm³/mol. The summed E-state index contributed by atoms with van der Waals surface area (Å²) in [5.41, 5.74) is 3.33. The van der Waals surface area contributed by atoms with Gasteiger partial charge in [-0.15, -0.1) is 0 Å². The molecule has 2 atom stereocenters. The minimum atomic E-state index is 0.212. The summed E-state index contributed by atoms with van der Waals surface area (Å²) in [4.78, 5) is 33.1.